The topological polar surface area (TPSA) is 68.1 Å². The molecule has 2 rings (SSSR count). The van der Waals surface area contributed by atoms with Crippen LogP contribution in [-0.4, -0.2) is 9.91 Å². The maximum Gasteiger partial charge on any atom is 0.288 e. The molecule has 5 nitrogen and oxygen atoms in total. The number of benzene rings is 1. The highest BCUT2D eigenvalue weighted by atomic mass is 35.5. The summed E-state index contributed by atoms with van der Waals surface area (Å²) in [6.07, 6.45) is 1.82. The van der Waals surface area contributed by atoms with Crippen LogP contribution >= 0.6 is 22.9 Å². The van der Waals surface area contributed by atoms with Crippen LogP contribution in [0.4, 0.5) is 11.4 Å². The lowest BCUT2D eigenvalue weighted by Gasteiger charge is -2.08. The molecule has 0 bridgehead atoms. The van der Waals surface area contributed by atoms with Crippen LogP contribution in [-0.2, 0) is 6.54 Å². The van der Waals surface area contributed by atoms with Crippen molar-refractivity contribution in [2.45, 2.75) is 20.4 Å². The third-order valence-electron chi connectivity index (χ3n) is 2.59. The summed E-state index contributed by atoms with van der Waals surface area (Å²) in [5, 5.41) is 15.0. The van der Waals surface area contributed by atoms with Crippen LogP contribution in [0.25, 0.3) is 0 Å². The molecule has 0 amide bonds. The van der Waals surface area contributed by atoms with Gasteiger partial charge in [0.1, 0.15) is 10.0 Å². The van der Waals surface area contributed by atoms with Gasteiger partial charge in [-0.25, -0.2) is 4.98 Å². The molecule has 1 aromatic heterocycles. The van der Waals surface area contributed by atoms with E-state index in [9.17, 15) is 10.1 Å². The largest absolute Gasteiger partial charge is 0.378 e. The summed E-state index contributed by atoms with van der Waals surface area (Å²) in [6, 6.07) is 3.05. The van der Waals surface area contributed by atoms with E-state index in [0.29, 0.717) is 6.54 Å². The van der Waals surface area contributed by atoms with Gasteiger partial charge < -0.3 is 5.32 Å². The highest BCUT2D eigenvalue weighted by Gasteiger charge is 2.14. The summed E-state index contributed by atoms with van der Waals surface area (Å²) in [7, 11) is 0. The number of aromatic nitrogens is 1. The number of nitrogens with one attached hydrogen (secondary N) is 1. The first-order chi connectivity index (χ1) is 8.97. The number of hydrogen-bond acceptors (Lipinski definition) is 5. The number of hydrogen-bond donors (Lipinski definition) is 1. The number of nitrogens with zero attached hydrogens (tertiary/aromatic N) is 2. The molecule has 0 aliphatic rings. The van der Waals surface area contributed by atoms with E-state index in [-0.39, 0.29) is 10.7 Å². The molecule has 0 spiro atoms. The second-order valence-corrected chi connectivity index (χ2v) is 5.82. The van der Waals surface area contributed by atoms with Gasteiger partial charge in [0.15, 0.2) is 0 Å². The standard InChI is InChI=1S/C12H12ClN3O2S/c1-7-3-11(16(17)18)9(13)4-10(7)14-6-12-15-5-8(2)19-12/h3-5,14H,6H2,1-2H3. The predicted octanol–water partition coefficient (Wildman–Crippen LogP) is 3.93. The Morgan fingerprint density at radius 1 is 1.47 bits per heavy atom. The van der Waals surface area contributed by atoms with Gasteiger partial charge in [0, 0.05) is 22.8 Å². The van der Waals surface area contributed by atoms with E-state index in [0.717, 1.165) is 21.1 Å². The second kappa shape index (κ2) is 5.54. The number of anilines is 1. The Morgan fingerprint density at radius 3 is 2.79 bits per heavy atom. The van der Waals surface area contributed by atoms with Crippen molar-refractivity contribution in [1.82, 2.24) is 4.98 Å². The van der Waals surface area contributed by atoms with E-state index >= 15 is 0 Å². The van der Waals surface area contributed by atoms with E-state index in [1.807, 2.05) is 13.1 Å². The lowest BCUT2D eigenvalue weighted by molar-refractivity contribution is -0.384. The van der Waals surface area contributed by atoms with Crippen molar-refractivity contribution < 1.29 is 4.92 Å². The van der Waals surface area contributed by atoms with Crippen LogP contribution in [0.5, 0.6) is 0 Å². The lowest BCUT2D eigenvalue weighted by atomic mass is 10.2. The predicted molar refractivity (Wildman–Crippen MR) is 77.0 cm³/mol. The van der Waals surface area contributed by atoms with Gasteiger partial charge in [0.05, 0.1) is 11.5 Å². The maximum absolute atomic E-state index is 10.8. The molecule has 0 aliphatic carbocycles. The highest BCUT2D eigenvalue weighted by Crippen LogP contribution is 2.30. The highest BCUT2D eigenvalue weighted by molar-refractivity contribution is 7.11. The molecule has 1 heterocycles. The third kappa shape index (κ3) is 3.21. The molecule has 7 heteroatoms. The minimum Gasteiger partial charge on any atom is -0.378 e. The average Bonchev–Trinajstić information content (AvgIpc) is 2.75. The zero-order chi connectivity index (χ0) is 14.0. The van der Waals surface area contributed by atoms with Gasteiger partial charge in [-0.15, -0.1) is 11.3 Å². The van der Waals surface area contributed by atoms with Crippen LogP contribution in [0, 0.1) is 24.0 Å². The summed E-state index contributed by atoms with van der Waals surface area (Å²) < 4.78 is 0. The van der Waals surface area contributed by atoms with E-state index in [1.54, 1.807) is 24.3 Å². The van der Waals surface area contributed by atoms with Crippen molar-refractivity contribution in [3.8, 4) is 0 Å². The monoisotopic (exact) mass is 297 g/mol. The molecule has 19 heavy (non-hydrogen) atoms. The van der Waals surface area contributed by atoms with E-state index in [2.05, 4.69) is 10.3 Å². The van der Waals surface area contributed by atoms with Crippen LogP contribution < -0.4 is 5.32 Å². The zero-order valence-electron chi connectivity index (χ0n) is 10.4. The van der Waals surface area contributed by atoms with Crippen LogP contribution in [0.2, 0.25) is 5.02 Å². The Bertz CT molecular complexity index is 627. The lowest BCUT2D eigenvalue weighted by Crippen LogP contribution is -2.01. The van der Waals surface area contributed by atoms with E-state index in [1.165, 1.54) is 6.07 Å². The molecule has 1 N–H and O–H groups in total. The van der Waals surface area contributed by atoms with Crippen LogP contribution in [0.15, 0.2) is 18.3 Å². The molecule has 2 aromatic rings. The summed E-state index contributed by atoms with van der Waals surface area (Å²) in [6.45, 7) is 4.38. The molecule has 100 valence electrons. The average molecular weight is 298 g/mol. The first kappa shape index (κ1) is 13.8. The Hall–Kier alpha value is -1.66. The van der Waals surface area contributed by atoms with Crippen molar-refractivity contribution in [2.75, 3.05) is 5.32 Å². The van der Waals surface area contributed by atoms with Gasteiger partial charge in [0.2, 0.25) is 0 Å². The minimum atomic E-state index is -0.483. The summed E-state index contributed by atoms with van der Waals surface area (Å²) in [5.74, 6) is 0. The van der Waals surface area contributed by atoms with E-state index < -0.39 is 4.92 Å². The van der Waals surface area contributed by atoms with Gasteiger partial charge in [0.25, 0.3) is 5.69 Å². The van der Waals surface area contributed by atoms with Crippen LogP contribution in [0.1, 0.15) is 15.4 Å². The fraction of sp³-hybridized carbons (Fsp3) is 0.250. The normalized spacial score (nSPS) is 10.5. The van der Waals surface area contributed by atoms with Crippen molar-refractivity contribution >= 4 is 34.3 Å². The van der Waals surface area contributed by atoms with Gasteiger partial charge in [-0.2, -0.15) is 0 Å². The Balaban J connectivity index is 2.17. The molecule has 0 atom stereocenters. The zero-order valence-corrected chi connectivity index (χ0v) is 12.0. The fourth-order valence-corrected chi connectivity index (χ4v) is 2.61. The molecular formula is C12H12ClN3O2S. The second-order valence-electron chi connectivity index (χ2n) is 4.09. The molecule has 1 aromatic carbocycles. The molecule has 0 aliphatic heterocycles. The van der Waals surface area contributed by atoms with Crippen molar-refractivity contribution in [1.29, 1.82) is 0 Å². The Morgan fingerprint density at radius 2 is 2.21 bits per heavy atom. The van der Waals surface area contributed by atoms with Crippen LogP contribution in [0.3, 0.4) is 0 Å². The number of nitro benzene ring substituents is 1. The maximum atomic E-state index is 10.8. The SMILES string of the molecule is Cc1cnc(CNc2cc(Cl)c([N+](=O)[O-])cc2C)s1. The Kier molecular flexibility index (Phi) is 4.01. The quantitative estimate of drug-likeness (QED) is 0.685. The number of halogens is 1. The molecule has 0 radical (unpaired) electrons. The molecule has 0 unspecified atom stereocenters. The number of thiazole rings is 1. The molecule has 0 saturated carbocycles. The van der Waals surface area contributed by atoms with Gasteiger partial charge in [-0.1, -0.05) is 11.6 Å². The third-order valence-corrected chi connectivity index (χ3v) is 3.81. The van der Waals surface area contributed by atoms with Gasteiger partial charge in [-0.3, -0.25) is 10.1 Å². The smallest absolute Gasteiger partial charge is 0.288 e. The van der Waals surface area contributed by atoms with Gasteiger partial charge >= 0.3 is 0 Å². The number of rotatable bonds is 4. The molecule has 0 saturated heterocycles. The fourth-order valence-electron chi connectivity index (χ4n) is 1.65. The summed E-state index contributed by atoms with van der Waals surface area (Å²) >= 11 is 7.50. The number of nitro groups is 1. The van der Waals surface area contributed by atoms with Crippen molar-refractivity contribution in [3.05, 3.63) is 48.9 Å². The number of aryl methyl sites for hydroxylation is 2. The molecule has 0 fully saturated rings. The van der Waals surface area contributed by atoms with E-state index in [4.69, 9.17) is 11.6 Å². The van der Waals surface area contributed by atoms with Gasteiger partial charge in [-0.05, 0) is 25.5 Å². The summed E-state index contributed by atoms with van der Waals surface area (Å²) in [4.78, 5) is 15.7. The first-order valence-electron chi connectivity index (χ1n) is 5.57. The minimum absolute atomic E-state index is 0.0743. The summed E-state index contributed by atoms with van der Waals surface area (Å²) in [5.41, 5.74) is 1.49. The Labute approximate surface area is 119 Å². The van der Waals surface area contributed by atoms with Crippen molar-refractivity contribution in [3.63, 3.8) is 0 Å². The van der Waals surface area contributed by atoms with Crippen molar-refractivity contribution in [2.24, 2.45) is 0 Å². The first-order valence-corrected chi connectivity index (χ1v) is 6.76. The molecular weight excluding hydrogens is 286 g/mol.